The number of phenols is 1. The molecule has 0 aliphatic carbocycles. The maximum atomic E-state index is 12.9. The Morgan fingerprint density at radius 3 is 2.41 bits per heavy atom. The normalized spacial score (nSPS) is 14.5. The summed E-state index contributed by atoms with van der Waals surface area (Å²) < 4.78 is 3.17. The number of hydrogen-bond donors (Lipinski definition) is 2. The molecule has 0 radical (unpaired) electrons. The Morgan fingerprint density at radius 2 is 1.72 bits per heavy atom. The summed E-state index contributed by atoms with van der Waals surface area (Å²) in [5.41, 5.74) is 3.81. The van der Waals surface area contributed by atoms with Crippen LogP contribution in [0.5, 0.6) is 5.75 Å². The molecule has 7 nitrogen and oxygen atoms in total. The minimum Gasteiger partial charge on any atom is -0.508 e. The van der Waals surface area contributed by atoms with Crippen molar-refractivity contribution in [3.8, 4) is 22.6 Å². The van der Waals surface area contributed by atoms with Crippen molar-refractivity contribution in [2.45, 2.75) is 20.4 Å². The van der Waals surface area contributed by atoms with Crippen LogP contribution in [0.3, 0.4) is 0 Å². The van der Waals surface area contributed by atoms with E-state index in [1.807, 2.05) is 24.3 Å². The number of aromatic nitrogens is 3. The molecular weight excluding hydrogens is 366 g/mol. The average molecular weight is 393 g/mol. The summed E-state index contributed by atoms with van der Waals surface area (Å²) in [6.07, 6.45) is 1.62. The number of nitrogens with one attached hydrogen (secondary N) is 1. The fraction of sp³-hybridized carbons (Fsp3) is 0.364. The Hall–Kier alpha value is -3.06. The highest BCUT2D eigenvalue weighted by molar-refractivity contribution is 5.75. The molecule has 3 aromatic rings. The van der Waals surface area contributed by atoms with Gasteiger partial charge in [-0.25, -0.2) is 14.0 Å². The molecule has 1 aliphatic heterocycles. The smallest absolute Gasteiger partial charge is 0.350 e. The predicted octanol–water partition coefficient (Wildman–Crippen LogP) is 2.47. The van der Waals surface area contributed by atoms with E-state index in [0.717, 1.165) is 48.7 Å². The maximum Gasteiger partial charge on any atom is 0.350 e. The molecule has 0 amide bonds. The molecule has 0 spiro atoms. The fourth-order valence-electron chi connectivity index (χ4n) is 3.69. The third kappa shape index (κ3) is 4.05. The molecular formula is C22H27N5O2. The van der Waals surface area contributed by atoms with Gasteiger partial charge in [-0.05, 0) is 41.3 Å². The topological polar surface area (TPSA) is 75.3 Å². The van der Waals surface area contributed by atoms with E-state index >= 15 is 0 Å². The van der Waals surface area contributed by atoms with Crippen molar-refractivity contribution >= 4 is 5.69 Å². The Balaban J connectivity index is 1.80. The fourth-order valence-corrected chi connectivity index (χ4v) is 3.69. The van der Waals surface area contributed by atoms with E-state index in [1.165, 1.54) is 4.68 Å². The number of rotatable bonds is 5. The molecule has 2 heterocycles. The number of piperazine rings is 1. The summed E-state index contributed by atoms with van der Waals surface area (Å²) in [5.74, 6) is 0.595. The largest absolute Gasteiger partial charge is 0.508 e. The first-order chi connectivity index (χ1) is 14.0. The third-order valence-electron chi connectivity index (χ3n) is 5.16. The summed E-state index contributed by atoms with van der Waals surface area (Å²) in [7, 11) is 0. The van der Waals surface area contributed by atoms with E-state index in [9.17, 15) is 9.90 Å². The van der Waals surface area contributed by atoms with Crippen LogP contribution < -0.4 is 15.9 Å². The van der Waals surface area contributed by atoms with Crippen LogP contribution >= 0.6 is 0 Å². The van der Waals surface area contributed by atoms with Crippen molar-refractivity contribution in [1.82, 2.24) is 19.7 Å². The molecule has 0 unspecified atom stereocenters. The average Bonchev–Trinajstić information content (AvgIpc) is 3.08. The minimum atomic E-state index is -0.118. The van der Waals surface area contributed by atoms with Gasteiger partial charge in [-0.1, -0.05) is 32.0 Å². The standard InChI is InChI=1S/C22H27N5O2/c1-16(2)14-27-22(29)26(15-24-27)20-8-5-18(17-3-6-19(28)7-4-17)13-21(20)25-11-9-23-10-12-25/h3-8,13,15-16,23,28H,9-12,14H2,1-2H3. The Bertz CT molecular complexity index is 1030. The number of benzene rings is 2. The molecule has 0 saturated carbocycles. The monoisotopic (exact) mass is 393 g/mol. The van der Waals surface area contributed by atoms with Gasteiger partial charge in [0.05, 0.1) is 11.4 Å². The zero-order valence-electron chi connectivity index (χ0n) is 16.9. The number of nitrogens with zero attached hydrogens (tertiary/aromatic N) is 4. The maximum absolute atomic E-state index is 12.9. The lowest BCUT2D eigenvalue weighted by Gasteiger charge is -2.31. The van der Waals surface area contributed by atoms with Crippen molar-refractivity contribution in [3.63, 3.8) is 0 Å². The van der Waals surface area contributed by atoms with Gasteiger partial charge >= 0.3 is 5.69 Å². The zero-order chi connectivity index (χ0) is 20.4. The number of phenolic OH excluding ortho intramolecular Hbond substituents is 1. The second-order valence-electron chi connectivity index (χ2n) is 7.85. The van der Waals surface area contributed by atoms with Gasteiger partial charge in [0.15, 0.2) is 0 Å². The Labute approximate surface area is 170 Å². The number of aromatic hydroxyl groups is 1. The van der Waals surface area contributed by atoms with E-state index in [0.29, 0.717) is 12.5 Å². The number of hydrogen-bond acceptors (Lipinski definition) is 5. The summed E-state index contributed by atoms with van der Waals surface area (Å²) in [6, 6.07) is 13.3. The first kappa shape index (κ1) is 19.3. The second-order valence-corrected chi connectivity index (χ2v) is 7.85. The second kappa shape index (κ2) is 8.13. The molecule has 4 rings (SSSR count). The summed E-state index contributed by atoms with van der Waals surface area (Å²) >= 11 is 0. The van der Waals surface area contributed by atoms with E-state index in [2.05, 4.69) is 35.2 Å². The van der Waals surface area contributed by atoms with Gasteiger partial charge in [-0.15, -0.1) is 0 Å². The highest BCUT2D eigenvalue weighted by Crippen LogP contribution is 2.31. The lowest BCUT2D eigenvalue weighted by atomic mass is 10.0. The highest BCUT2D eigenvalue weighted by Gasteiger charge is 2.19. The first-order valence-corrected chi connectivity index (χ1v) is 10.1. The van der Waals surface area contributed by atoms with Crippen LogP contribution in [0.2, 0.25) is 0 Å². The molecule has 1 fully saturated rings. The van der Waals surface area contributed by atoms with Crippen LogP contribution in [0.15, 0.2) is 53.6 Å². The molecule has 2 N–H and O–H groups in total. The molecule has 1 aliphatic rings. The van der Waals surface area contributed by atoms with Gasteiger partial charge in [-0.2, -0.15) is 5.10 Å². The van der Waals surface area contributed by atoms with Gasteiger partial charge in [0.1, 0.15) is 12.1 Å². The van der Waals surface area contributed by atoms with Crippen molar-refractivity contribution in [3.05, 3.63) is 59.3 Å². The van der Waals surface area contributed by atoms with E-state index in [-0.39, 0.29) is 11.4 Å². The van der Waals surface area contributed by atoms with Gasteiger partial charge in [-0.3, -0.25) is 0 Å². The van der Waals surface area contributed by atoms with Crippen LogP contribution in [0, 0.1) is 5.92 Å². The Kier molecular flexibility index (Phi) is 5.40. The third-order valence-corrected chi connectivity index (χ3v) is 5.16. The molecule has 7 heteroatoms. The van der Waals surface area contributed by atoms with Gasteiger partial charge < -0.3 is 15.3 Å². The van der Waals surface area contributed by atoms with Crippen LogP contribution in [0.1, 0.15) is 13.8 Å². The molecule has 152 valence electrons. The highest BCUT2D eigenvalue weighted by atomic mass is 16.3. The lowest BCUT2D eigenvalue weighted by molar-refractivity contribution is 0.469. The molecule has 1 aromatic heterocycles. The van der Waals surface area contributed by atoms with E-state index < -0.39 is 0 Å². The van der Waals surface area contributed by atoms with Crippen LogP contribution in [0.25, 0.3) is 16.8 Å². The molecule has 29 heavy (non-hydrogen) atoms. The number of anilines is 1. The summed E-state index contributed by atoms with van der Waals surface area (Å²) in [5, 5.41) is 17.3. The lowest BCUT2D eigenvalue weighted by Crippen LogP contribution is -2.44. The van der Waals surface area contributed by atoms with Crippen molar-refractivity contribution in [2.24, 2.45) is 5.92 Å². The summed E-state index contributed by atoms with van der Waals surface area (Å²) in [4.78, 5) is 15.2. The Morgan fingerprint density at radius 1 is 1.03 bits per heavy atom. The van der Waals surface area contributed by atoms with Crippen LogP contribution in [0.4, 0.5) is 5.69 Å². The van der Waals surface area contributed by atoms with Crippen molar-refractivity contribution in [1.29, 1.82) is 0 Å². The molecule has 0 bridgehead atoms. The van der Waals surface area contributed by atoms with Crippen LogP contribution in [-0.2, 0) is 6.54 Å². The van der Waals surface area contributed by atoms with Gasteiger partial charge in [0, 0.05) is 32.7 Å². The van der Waals surface area contributed by atoms with Crippen molar-refractivity contribution < 1.29 is 5.11 Å². The molecule has 1 saturated heterocycles. The van der Waals surface area contributed by atoms with Gasteiger partial charge in [0.2, 0.25) is 0 Å². The molecule has 2 aromatic carbocycles. The predicted molar refractivity (Wildman–Crippen MR) is 115 cm³/mol. The van der Waals surface area contributed by atoms with Crippen molar-refractivity contribution in [2.75, 3.05) is 31.1 Å². The van der Waals surface area contributed by atoms with Gasteiger partial charge in [0.25, 0.3) is 0 Å². The van der Waals surface area contributed by atoms with Crippen LogP contribution in [-0.4, -0.2) is 45.6 Å². The quantitative estimate of drug-likeness (QED) is 0.697. The summed E-state index contributed by atoms with van der Waals surface area (Å²) in [6.45, 7) is 8.31. The first-order valence-electron chi connectivity index (χ1n) is 10.1. The SMILES string of the molecule is CC(C)Cn1ncn(-c2ccc(-c3ccc(O)cc3)cc2N2CCNCC2)c1=O. The molecule has 0 atom stereocenters. The minimum absolute atomic E-state index is 0.118. The van der Waals surface area contributed by atoms with E-state index in [4.69, 9.17) is 0 Å². The zero-order valence-corrected chi connectivity index (χ0v) is 16.9. The van der Waals surface area contributed by atoms with E-state index in [1.54, 1.807) is 23.0 Å².